The van der Waals surface area contributed by atoms with E-state index >= 15 is 0 Å². The zero-order valence-corrected chi connectivity index (χ0v) is 17.8. The highest BCUT2D eigenvalue weighted by molar-refractivity contribution is 5.94. The summed E-state index contributed by atoms with van der Waals surface area (Å²) in [6.07, 6.45) is -3.00. The van der Waals surface area contributed by atoms with E-state index in [1.807, 2.05) is 0 Å². The van der Waals surface area contributed by atoms with Crippen LogP contribution in [0, 0.1) is 17.5 Å². The van der Waals surface area contributed by atoms with Crippen LogP contribution in [0.4, 0.5) is 26.3 Å². The molecule has 0 amide bonds. The van der Waals surface area contributed by atoms with Crippen LogP contribution >= 0.6 is 0 Å². The van der Waals surface area contributed by atoms with Gasteiger partial charge in [0.2, 0.25) is 5.88 Å². The van der Waals surface area contributed by atoms with Crippen molar-refractivity contribution < 1.29 is 41.0 Å². The van der Waals surface area contributed by atoms with Gasteiger partial charge >= 0.3 is 6.18 Å². The maximum atomic E-state index is 14.0. The summed E-state index contributed by atoms with van der Waals surface area (Å²) in [5, 5.41) is 11.2. The average molecular weight is 493 g/mol. The molecule has 0 saturated carbocycles. The first-order valence-electron chi connectivity index (χ1n) is 10.3. The molecule has 0 atom stereocenters. The SMILES string of the molecule is O=C([O-])c1cccc(C2=C(c3cc(C(F)(F)F)cnc3OCc3c(F)cc(F)cc3F)CCC2)n1. The molecule has 182 valence electrons. The Labute approximate surface area is 194 Å². The Kier molecular flexibility index (Phi) is 6.51. The molecule has 1 aliphatic carbocycles. The molecule has 4 rings (SSSR count). The number of hydrogen-bond donors (Lipinski definition) is 0. The molecular formula is C24H15F6N2O3-. The fraction of sp³-hybridized carbons (Fsp3) is 0.208. The first-order valence-corrected chi connectivity index (χ1v) is 10.3. The number of carbonyl (C=O) groups excluding carboxylic acids is 1. The monoisotopic (exact) mass is 493 g/mol. The van der Waals surface area contributed by atoms with Crippen LogP contribution in [0.2, 0.25) is 0 Å². The van der Waals surface area contributed by atoms with E-state index in [2.05, 4.69) is 9.97 Å². The Morgan fingerprint density at radius 3 is 2.37 bits per heavy atom. The number of benzene rings is 1. The van der Waals surface area contributed by atoms with Crippen molar-refractivity contribution in [3.8, 4) is 5.88 Å². The van der Waals surface area contributed by atoms with E-state index in [-0.39, 0.29) is 22.8 Å². The molecule has 3 aromatic rings. The summed E-state index contributed by atoms with van der Waals surface area (Å²) in [4.78, 5) is 18.9. The molecule has 1 aromatic carbocycles. The van der Waals surface area contributed by atoms with Crippen molar-refractivity contribution in [2.24, 2.45) is 0 Å². The van der Waals surface area contributed by atoms with Gasteiger partial charge in [-0.05, 0) is 48.6 Å². The van der Waals surface area contributed by atoms with Crippen molar-refractivity contribution in [1.29, 1.82) is 0 Å². The largest absolute Gasteiger partial charge is 0.543 e. The number of carbonyl (C=O) groups is 1. The summed E-state index contributed by atoms with van der Waals surface area (Å²) >= 11 is 0. The Hall–Kier alpha value is -3.89. The third-order valence-corrected chi connectivity index (χ3v) is 5.45. The zero-order valence-electron chi connectivity index (χ0n) is 17.8. The van der Waals surface area contributed by atoms with E-state index in [4.69, 9.17) is 4.74 Å². The van der Waals surface area contributed by atoms with Gasteiger partial charge in [-0.15, -0.1) is 0 Å². The van der Waals surface area contributed by atoms with E-state index in [1.54, 1.807) is 0 Å². The van der Waals surface area contributed by atoms with Gasteiger partial charge in [0.25, 0.3) is 0 Å². The number of carboxylic acid groups (broad SMARTS) is 1. The first-order chi connectivity index (χ1) is 16.5. The maximum absolute atomic E-state index is 14.0. The molecule has 2 heterocycles. The average Bonchev–Trinajstić information content (AvgIpc) is 3.27. The van der Waals surface area contributed by atoms with Crippen molar-refractivity contribution in [1.82, 2.24) is 9.97 Å². The van der Waals surface area contributed by atoms with Gasteiger partial charge in [0.1, 0.15) is 24.1 Å². The Balaban J connectivity index is 1.80. The van der Waals surface area contributed by atoms with Crippen LogP contribution in [0.5, 0.6) is 5.88 Å². The molecule has 0 fully saturated rings. The minimum absolute atomic E-state index is 0.0732. The second-order valence-corrected chi connectivity index (χ2v) is 7.72. The molecule has 0 saturated heterocycles. The van der Waals surface area contributed by atoms with Crippen molar-refractivity contribution in [3.63, 3.8) is 0 Å². The molecule has 0 radical (unpaired) electrons. The van der Waals surface area contributed by atoms with Gasteiger partial charge in [0.15, 0.2) is 0 Å². The highest BCUT2D eigenvalue weighted by Gasteiger charge is 2.33. The van der Waals surface area contributed by atoms with Crippen LogP contribution in [0.15, 0.2) is 42.6 Å². The van der Waals surface area contributed by atoms with E-state index in [9.17, 15) is 36.2 Å². The summed E-state index contributed by atoms with van der Waals surface area (Å²) in [5.74, 6) is -5.42. The molecule has 1 aliphatic rings. The number of allylic oxidation sites excluding steroid dienone is 2. The van der Waals surface area contributed by atoms with Gasteiger partial charge in [0.05, 0.1) is 28.5 Å². The second-order valence-electron chi connectivity index (χ2n) is 7.72. The topological polar surface area (TPSA) is 75.1 Å². The second kappa shape index (κ2) is 9.40. The number of aromatic nitrogens is 2. The Bertz CT molecular complexity index is 1310. The van der Waals surface area contributed by atoms with E-state index in [0.717, 1.165) is 6.07 Å². The molecule has 35 heavy (non-hydrogen) atoms. The number of hydrogen-bond acceptors (Lipinski definition) is 5. The molecule has 11 heteroatoms. The van der Waals surface area contributed by atoms with Gasteiger partial charge < -0.3 is 14.6 Å². The van der Waals surface area contributed by atoms with Crippen LogP contribution in [0.3, 0.4) is 0 Å². The molecule has 0 unspecified atom stereocenters. The van der Waals surface area contributed by atoms with Crippen LogP contribution < -0.4 is 9.84 Å². The predicted molar refractivity (Wildman–Crippen MR) is 109 cm³/mol. The number of ether oxygens (including phenoxy) is 1. The molecule has 0 aliphatic heterocycles. The van der Waals surface area contributed by atoms with Crippen molar-refractivity contribution in [2.45, 2.75) is 32.0 Å². The molecule has 5 nitrogen and oxygen atoms in total. The van der Waals surface area contributed by atoms with Crippen molar-refractivity contribution in [2.75, 3.05) is 0 Å². The van der Waals surface area contributed by atoms with Gasteiger partial charge in [0, 0.05) is 23.9 Å². The van der Waals surface area contributed by atoms with E-state index in [0.29, 0.717) is 48.7 Å². The third-order valence-electron chi connectivity index (χ3n) is 5.45. The number of alkyl halides is 3. The first kappa shape index (κ1) is 24.2. The highest BCUT2D eigenvalue weighted by atomic mass is 19.4. The minimum Gasteiger partial charge on any atom is -0.543 e. The lowest BCUT2D eigenvalue weighted by Gasteiger charge is -2.16. The number of halogens is 6. The fourth-order valence-corrected chi connectivity index (χ4v) is 3.83. The van der Waals surface area contributed by atoms with E-state index in [1.165, 1.54) is 18.2 Å². The van der Waals surface area contributed by atoms with Crippen LogP contribution in [-0.4, -0.2) is 15.9 Å². The standard InChI is InChI=1S/C24H16F6N2O3/c25-13-8-18(26)17(19(27)9-13)11-35-22-16(7-12(10-31-22)24(28,29)30)14-3-1-4-15(14)20-5-2-6-21(32-20)23(33)34/h2,5-10H,1,3-4,11H2,(H,33,34)/p-1. The summed E-state index contributed by atoms with van der Waals surface area (Å²) < 4.78 is 86.9. The molecular weight excluding hydrogens is 478 g/mol. The molecule has 0 bridgehead atoms. The number of rotatable bonds is 6. The normalized spacial score (nSPS) is 13.9. The van der Waals surface area contributed by atoms with Gasteiger partial charge in [-0.3, -0.25) is 0 Å². The van der Waals surface area contributed by atoms with Gasteiger partial charge in [-0.1, -0.05) is 6.07 Å². The Morgan fingerprint density at radius 2 is 1.71 bits per heavy atom. The Morgan fingerprint density at radius 1 is 1.03 bits per heavy atom. The summed E-state index contributed by atoms with van der Waals surface area (Å²) in [6, 6.07) is 5.88. The fourth-order valence-electron chi connectivity index (χ4n) is 3.83. The lowest BCUT2D eigenvalue weighted by molar-refractivity contribution is -0.255. The summed E-state index contributed by atoms with van der Waals surface area (Å²) in [6.45, 7) is -0.760. The van der Waals surface area contributed by atoms with Gasteiger partial charge in [-0.25, -0.2) is 23.1 Å². The third kappa shape index (κ3) is 5.13. The van der Waals surface area contributed by atoms with E-state index < -0.39 is 47.3 Å². The number of pyridine rings is 2. The number of aromatic carboxylic acids is 1. The quantitative estimate of drug-likeness (QED) is 0.455. The van der Waals surface area contributed by atoms with Crippen molar-refractivity contribution in [3.05, 3.63) is 88.1 Å². The molecule has 0 spiro atoms. The minimum atomic E-state index is -4.73. The summed E-state index contributed by atoms with van der Waals surface area (Å²) in [7, 11) is 0. The zero-order chi connectivity index (χ0) is 25.3. The molecule has 2 aromatic heterocycles. The number of carboxylic acids is 1. The van der Waals surface area contributed by atoms with Gasteiger partial charge in [-0.2, -0.15) is 13.2 Å². The number of nitrogens with zero attached hydrogens (tertiary/aromatic N) is 2. The molecule has 0 N–H and O–H groups in total. The van der Waals surface area contributed by atoms with Crippen LogP contribution in [-0.2, 0) is 12.8 Å². The highest BCUT2D eigenvalue weighted by Crippen LogP contribution is 2.43. The van der Waals surface area contributed by atoms with Crippen LogP contribution in [0.1, 0.15) is 52.1 Å². The van der Waals surface area contributed by atoms with Crippen molar-refractivity contribution >= 4 is 17.1 Å². The summed E-state index contributed by atoms with van der Waals surface area (Å²) in [5.41, 5.74) is -1.02. The van der Waals surface area contributed by atoms with Crippen LogP contribution in [0.25, 0.3) is 11.1 Å². The lowest BCUT2D eigenvalue weighted by Crippen LogP contribution is -2.23. The maximum Gasteiger partial charge on any atom is 0.417 e. The predicted octanol–water partition coefficient (Wildman–Crippen LogP) is 4.95. The lowest BCUT2D eigenvalue weighted by atomic mass is 9.99. The smallest absolute Gasteiger partial charge is 0.417 e.